The molecule has 2 rings (SSSR count). The van der Waals surface area contributed by atoms with Crippen molar-refractivity contribution in [1.29, 1.82) is 0 Å². The molecule has 2 N–H and O–H groups in total. The monoisotopic (exact) mass is 189 g/mol. The third-order valence-corrected chi connectivity index (χ3v) is 1.87. The molecule has 2 aromatic rings. The van der Waals surface area contributed by atoms with Crippen molar-refractivity contribution in [2.75, 3.05) is 0 Å². The molecule has 0 aromatic carbocycles. The number of hydrogen-bond donors (Lipinski definition) is 1. The number of rotatable bonds is 2. The van der Waals surface area contributed by atoms with Crippen molar-refractivity contribution in [2.24, 2.45) is 5.73 Å². The number of aryl methyl sites for hydroxylation is 1. The smallest absolute Gasteiger partial charge is 0.176 e. The Bertz CT molecular complexity index is 434. The zero-order valence-electron chi connectivity index (χ0n) is 7.88. The summed E-state index contributed by atoms with van der Waals surface area (Å²) in [5.74, 6) is 0.697. The molecule has 2 aromatic heterocycles. The van der Waals surface area contributed by atoms with E-state index in [0.717, 1.165) is 11.3 Å². The van der Waals surface area contributed by atoms with E-state index < -0.39 is 0 Å². The molecule has 14 heavy (non-hydrogen) atoms. The normalized spacial score (nSPS) is 10.4. The van der Waals surface area contributed by atoms with Crippen molar-refractivity contribution in [3.63, 3.8) is 0 Å². The Morgan fingerprint density at radius 3 is 2.79 bits per heavy atom. The van der Waals surface area contributed by atoms with Crippen LogP contribution in [0, 0.1) is 6.92 Å². The molecule has 0 aliphatic carbocycles. The van der Waals surface area contributed by atoms with Gasteiger partial charge in [0.05, 0.1) is 11.9 Å². The van der Waals surface area contributed by atoms with Crippen molar-refractivity contribution in [3.05, 3.63) is 36.0 Å². The first-order chi connectivity index (χ1) is 6.81. The second kappa shape index (κ2) is 3.55. The fraction of sp³-hybridized carbons (Fsp3) is 0.222. The van der Waals surface area contributed by atoms with E-state index in [1.165, 1.54) is 0 Å². The van der Waals surface area contributed by atoms with Crippen LogP contribution in [0.1, 0.15) is 11.3 Å². The van der Waals surface area contributed by atoms with Crippen LogP contribution in [0.3, 0.4) is 0 Å². The Morgan fingerprint density at radius 1 is 1.36 bits per heavy atom. The molecule has 0 amide bonds. The molecule has 0 saturated carbocycles. The highest BCUT2D eigenvalue weighted by Crippen LogP contribution is 2.07. The molecule has 0 radical (unpaired) electrons. The number of nitrogens with zero attached hydrogens (tertiary/aromatic N) is 4. The first-order valence-electron chi connectivity index (χ1n) is 4.33. The topological polar surface area (TPSA) is 69.6 Å². The van der Waals surface area contributed by atoms with Gasteiger partial charge in [-0.15, -0.1) is 0 Å². The first-order valence-corrected chi connectivity index (χ1v) is 4.33. The molecular formula is C9H11N5. The standard InChI is InChI=1S/C9H11N5/c1-7-5-13-14(6-7)9-8(4-10)11-2-3-12-9/h2-3,5-6H,4,10H2,1H3. The molecule has 0 aliphatic rings. The van der Waals surface area contributed by atoms with Crippen LogP contribution in [0.25, 0.3) is 5.82 Å². The summed E-state index contributed by atoms with van der Waals surface area (Å²) in [6.45, 7) is 2.34. The van der Waals surface area contributed by atoms with Gasteiger partial charge in [-0.05, 0) is 12.5 Å². The molecule has 0 spiro atoms. The van der Waals surface area contributed by atoms with Crippen LogP contribution in [0.5, 0.6) is 0 Å². The highest BCUT2D eigenvalue weighted by atomic mass is 15.3. The van der Waals surface area contributed by atoms with Gasteiger partial charge in [-0.1, -0.05) is 0 Å². The Balaban J connectivity index is 2.50. The fourth-order valence-corrected chi connectivity index (χ4v) is 1.22. The largest absolute Gasteiger partial charge is 0.325 e. The summed E-state index contributed by atoms with van der Waals surface area (Å²) in [5, 5.41) is 4.15. The molecule has 2 heterocycles. The first kappa shape index (κ1) is 8.83. The Kier molecular flexibility index (Phi) is 2.24. The fourth-order valence-electron chi connectivity index (χ4n) is 1.22. The summed E-state index contributed by atoms with van der Waals surface area (Å²) in [6.07, 6.45) is 6.92. The lowest BCUT2D eigenvalue weighted by molar-refractivity contribution is 0.802. The van der Waals surface area contributed by atoms with Crippen LogP contribution in [0.2, 0.25) is 0 Å². The van der Waals surface area contributed by atoms with Gasteiger partial charge in [0.1, 0.15) is 0 Å². The van der Waals surface area contributed by atoms with Crippen LogP contribution in [-0.2, 0) is 6.54 Å². The van der Waals surface area contributed by atoms with E-state index >= 15 is 0 Å². The molecule has 0 saturated heterocycles. The molecule has 5 heteroatoms. The number of nitrogens with two attached hydrogens (primary N) is 1. The van der Waals surface area contributed by atoms with Crippen molar-refractivity contribution < 1.29 is 0 Å². The lowest BCUT2D eigenvalue weighted by Crippen LogP contribution is -2.08. The maximum absolute atomic E-state index is 5.55. The van der Waals surface area contributed by atoms with E-state index in [1.54, 1.807) is 23.3 Å². The average molecular weight is 189 g/mol. The van der Waals surface area contributed by atoms with Gasteiger partial charge in [-0.3, -0.25) is 4.98 Å². The quantitative estimate of drug-likeness (QED) is 0.743. The number of hydrogen-bond acceptors (Lipinski definition) is 4. The zero-order chi connectivity index (χ0) is 9.97. The lowest BCUT2D eigenvalue weighted by Gasteiger charge is -2.03. The molecule has 0 unspecified atom stereocenters. The van der Waals surface area contributed by atoms with Crippen LogP contribution in [0.4, 0.5) is 0 Å². The van der Waals surface area contributed by atoms with Gasteiger partial charge in [0.2, 0.25) is 0 Å². The van der Waals surface area contributed by atoms with Crippen molar-refractivity contribution in [3.8, 4) is 5.82 Å². The molecule has 5 nitrogen and oxygen atoms in total. The molecule has 0 aliphatic heterocycles. The lowest BCUT2D eigenvalue weighted by atomic mass is 10.4. The Hall–Kier alpha value is -1.75. The summed E-state index contributed by atoms with van der Waals surface area (Å²) in [5.41, 5.74) is 7.38. The maximum Gasteiger partial charge on any atom is 0.176 e. The second-order valence-electron chi connectivity index (χ2n) is 2.99. The van der Waals surface area contributed by atoms with Gasteiger partial charge in [0, 0.05) is 25.1 Å². The van der Waals surface area contributed by atoms with Crippen molar-refractivity contribution >= 4 is 0 Å². The molecule has 72 valence electrons. The minimum absolute atomic E-state index is 0.363. The minimum Gasteiger partial charge on any atom is -0.325 e. The van der Waals surface area contributed by atoms with Gasteiger partial charge in [0.25, 0.3) is 0 Å². The number of aromatic nitrogens is 4. The average Bonchev–Trinajstić information content (AvgIpc) is 2.65. The van der Waals surface area contributed by atoms with Gasteiger partial charge in [0.15, 0.2) is 5.82 Å². The highest BCUT2D eigenvalue weighted by molar-refractivity contribution is 5.27. The Morgan fingerprint density at radius 2 is 2.14 bits per heavy atom. The predicted molar refractivity (Wildman–Crippen MR) is 51.8 cm³/mol. The van der Waals surface area contributed by atoms with Gasteiger partial charge in [-0.2, -0.15) is 5.10 Å². The van der Waals surface area contributed by atoms with Crippen LogP contribution in [-0.4, -0.2) is 19.7 Å². The van der Waals surface area contributed by atoms with Gasteiger partial charge < -0.3 is 5.73 Å². The van der Waals surface area contributed by atoms with Crippen molar-refractivity contribution in [1.82, 2.24) is 19.7 Å². The van der Waals surface area contributed by atoms with Gasteiger partial charge >= 0.3 is 0 Å². The minimum atomic E-state index is 0.363. The van der Waals surface area contributed by atoms with Crippen LogP contribution < -0.4 is 5.73 Å². The van der Waals surface area contributed by atoms with E-state index in [2.05, 4.69) is 15.1 Å². The molecular weight excluding hydrogens is 178 g/mol. The van der Waals surface area contributed by atoms with Crippen LogP contribution in [0.15, 0.2) is 24.8 Å². The van der Waals surface area contributed by atoms with E-state index in [0.29, 0.717) is 12.4 Å². The van der Waals surface area contributed by atoms with Crippen LogP contribution >= 0.6 is 0 Å². The van der Waals surface area contributed by atoms with E-state index in [9.17, 15) is 0 Å². The molecule has 0 bridgehead atoms. The predicted octanol–water partition coefficient (Wildman–Crippen LogP) is 0.429. The second-order valence-corrected chi connectivity index (χ2v) is 2.99. The summed E-state index contributed by atoms with van der Waals surface area (Å²) in [6, 6.07) is 0. The molecule has 0 atom stereocenters. The van der Waals surface area contributed by atoms with E-state index in [1.807, 2.05) is 13.1 Å². The zero-order valence-corrected chi connectivity index (χ0v) is 7.88. The van der Waals surface area contributed by atoms with Crippen molar-refractivity contribution in [2.45, 2.75) is 13.5 Å². The summed E-state index contributed by atoms with van der Waals surface area (Å²) >= 11 is 0. The van der Waals surface area contributed by atoms with E-state index in [-0.39, 0.29) is 0 Å². The summed E-state index contributed by atoms with van der Waals surface area (Å²) < 4.78 is 1.69. The van der Waals surface area contributed by atoms with E-state index in [4.69, 9.17) is 5.73 Å². The third-order valence-electron chi connectivity index (χ3n) is 1.87. The highest BCUT2D eigenvalue weighted by Gasteiger charge is 2.05. The summed E-state index contributed by atoms with van der Waals surface area (Å²) in [4.78, 5) is 8.33. The molecule has 0 fully saturated rings. The summed E-state index contributed by atoms with van der Waals surface area (Å²) in [7, 11) is 0. The SMILES string of the molecule is Cc1cnn(-c2nccnc2CN)c1. The Labute approximate surface area is 81.6 Å². The third kappa shape index (κ3) is 1.49. The maximum atomic E-state index is 5.55. The van der Waals surface area contributed by atoms with Gasteiger partial charge in [-0.25, -0.2) is 9.67 Å².